The summed E-state index contributed by atoms with van der Waals surface area (Å²) < 4.78 is 10.6. The van der Waals surface area contributed by atoms with Crippen LogP contribution in [0.1, 0.15) is 46.5 Å². The summed E-state index contributed by atoms with van der Waals surface area (Å²) in [7, 11) is 0. The maximum absolute atomic E-state index is 12.7. The van der Waals surface area contributed by atoms with Gasteiger partial charge in [0.15, 0.2) is 0 Å². The highest BCUT2D eigenvalue weighted by Crippen LogP contribution is 2.42. The molecule has 1 saturated heterocycles. The van der Waals surface area contributed by atoms with Crippen LogP contribution >= 0.6 is 0 Å². The summed E-state index contributed by atoms with van der Waals surface area (Å²) in [5, 5.41) is 0. The van der Waals surface area contributed by atoms with Gasteiger partial charge in [0.2, 0.25) is 0 Å². The molecule has 0 saturated carbocycles. The third kappa shape index (κ3) is 3.54. The third-order valence-corrected chi connectivity index (χ3v) is 6.25. The second-order valence-corrected chi connectivity index (χ2v) is 8.94. The number of rotatable bonds is 6. The van der Waals surface area contributed by atoms with E-state index in [0.717, 1.165) is 18.4 Å². The number of hydrogen-bond acceptors (Lipinski definition) is 3. The Bertz CT molecular complexity index is 1110. The smallest absolute Gasteiger partial charge is 0.338 e. The summed E-state index contributed by atoms with van der Waals surface area (Å²) in [6.07, 6.45) is 1.81. The monoisotopic (exact) mass is 398 g/mol. The van der Waals surface area contributed by atoms with Gasteiger partial charge in [-0.1, -0.05) is 74.5 Å². The minimum Gasteiger partial charge on any atom is -0.459 e. The number of carbonyl (C=O) groups is 1. The number of epoxide rings is 1. The van der Waals surface area contributed by atoms with Crippen LogP contribution in [0.5, 0.6) is 0 Å². The largest absolute Gasteiger partial charge is 0.459 e. The molecule has 1 atom stereocenters. The molecule has 0 aromatic heterocycles. The van der Waals surface area contributed by atoms with Gasteiger partial charge in [0.1, 0.15) is 12.7 Å². The van der Waals surface area contributed by atoms with Crippen LogP contribution < -0.4 is 0 Å². The highest BCUT2D eigenvalue weighted by molar-refractivity contribution is 5.91. The highest BCUT2D eigenvalue weighted by Gasteiger charge is 2.31. The molecular weight excluding hydrogens is 372 g/mol. The van der Waals surface area contributed by atoms with E-state index in [-0.39, 0.29) is 17.5 Å². The molecule has 3 aromatic rings. The Kier molecular flexibility index (Phi) is 4.71. The van der Waals surface area contributed by atoms with Crippen molar-refractivity contribution in [2.75, 3.05) is 13.2 Å². The Labute approximate surface area is 177 Å². The molecule has 0 radical (unpaired) electrons. The molecule has 3 aromatic carbocycles. The SMILES string of the molecule is CC(C)(Cc1ccccc1C(=O)OCC1CO1)c1cccc2c1Cc1ccccc1-2. The second-order valence-electron chi connectivity index (χ2n) is 8.94. The zero-order chi connectivity index (χ0) is 20.7. The van der Waals surface area contributed by atoms with Crippen LogP contribution in [0.25, 0.3) is 11.1 Å². The van der Waals surface area contributed by atoms with Crippen molar-refractivity contribution in [2.24, 2.45) is 0 Å². The topological polar surface area (TPSA) is 38.8 Å². The van der Waals surface area contributed by atoms with E-state index in [2.05, 4.69) is 56.3 Å². The summed E-state index contributed by atoms with van der Waals surface area (Å²) >= 11 is 0. The molecule has 0 amide bonds. The number of hydrogen-bond donors (Lipinski definition) is 0. The minimum atomic E-state index is -0.261. The summed E-state index contributed by atoms with van der Waals surface area (Å²) in [5.74, 6) is -0.261. The van der Waals surface area contributed by atoms with E-state index in [1.54, 1.807) is 0 Å². The maximum Gasteiger partial charge on any atom is 0.338 e. The lowest BCUT2D eigenvalue weighted by atomic mass is 9.75. The summed E-state index contributed by atoms with van der Waals surface area (Å²) in [6, 6.07) is 23.1. The molecule has 5 rings (SSSR count). The van der Waals surface area contributed by atoms with Crippen LogP contribution in [-0.4, -0.2) is 25.3 Å². The van der Waals surface area contributed by atoms with Crippen molar-refractivity contribution < 1.29 is 14.3 Å². The molecule has 1 heterocycles. The molecule has 0 spiro atoms. The molecule has 1 aliphatic heterocycles. The molecule has 0 N–H and O–H groups in total. The van der Waals surface area contributed by atoms with Crippen molar-refractivity contribution in [1.82, 2.24) is 0 Å². The van der Waals surface area contributed by atoms with E-state index in [9.17, 15) is 4.79 Å². The van der Waals surface area contributed by atoms with Gasteiger partial charge in [-0.05, 0) is 57.7 Å². The second kappa shape index (κ2) is 7.41. The van der Waals surface area contributed by atoms with Crippen LogP contribution in [-0.2, 0) is 27.7 Å². The Morgan fingerprint density at radius 3 is 2.57 bits per heavy atom. The normalized spacial score (nSPS) is 16.7. The standard InChI is InChI=1S/C27H26O3/c1-27(2,15-19-9-4-6-11-22(19)26(28)30-17-20-16-29-20)25-13-7-12-23-21-10-5-3-8-18(21)14-24(23)25/h3-13,20H,14-17H2,1-2H3. The van der Waals surface area contributed by atoms with Crippen molar-refractivity contribution in [3.8, 4) is 11.1 Å². The van der Waals surface area contributed by atoms with Crippen molar-refractivity contribution in [3.05, 3.63) is 94.5 Å². The quantitative estimate of drug-likeness (QED) is 0.325. The van der Waals surface area contributed by atoms with Crippen LogP contribution in [0, 0.1) is 0 Å². The molecule has 1 aliphatic carbocycles. The van der Waals surface area contributed by atoms with Crippen LogP contribution in [0.3, 0.4) is 0 Å². The van der Waals surface area contributed by atoms with Gasteiger partial charge in [0.25, 0.3) is 0 Å². The number of carbonyl (C=O) groups excluding carboxylic acids is 1. The van der Waals surface area contributed by atoms with Gasteiger partial charge in [-0.3, -0.25) is 0 Å². The Morgan fingerprint density at radius 1 is 1.00 bits per heavy atom. The summed E-state index contributed by atoms with van der Waals surface area (Å²) in [5.41, 5.74) is 8.40. The molecule has 1 unspecified atom stereocenters. The lowest BCUT2D eigenvalue weighted by Crippen LogP contribution is -2.24. The molecule has 152 valence electrons. The van der Waals surface area contributed by atoms with Gasteiger partial charge < -0.3 is 9.47 Å². The number of fused-ring (bicyclic) bond motifs is 3. The zero-order valence-electron chi connectivity index (χ0n) is 17.5. The van der Waals surface area contributed by atoms with Crippen LogP contribution in [0.4, 0.5) is 0 Å². The molecule has 30 heavy (non-hydrogen) atoms. The van der Waals surface area contributed by atoms with E-state index in [1.165, 1.54) is 27.8 Å². The Balaban J connectivity index is 1.44. The number of ether oxygens (including phenoxy) is 2. The minimum absolute atomic E-state index is 0.0751. The van der Waals surface area contributed by atoms with Crippen molar-refractivity contribution in [2.45, 2.75) is 38.2 Å². The lowest BCUT2D eigenvalue weighted by molar-refractivity contribution is 0.0475. The van der Waals surface area contributed by atoms with Gasteiger partial charge in [0, 0.05) is 0 Å². The highest BCUT2D eigenvalue weighted by atomic mass is 16.6. The fraction of sp³-hybridized carbons (Fsp3) is 0.296. The Morgan fingerprint density at radius 2 is 1.73 bits per heavy atom. The predicted molar refractivity (Wildman–Crippen MR) is 118 cm³/mol. The fourth-order valence-electron chi connectivity index (χ4n) is 4.65. The first-order valence-electron chi connectivity index (χ1n) is 10.6. The van der Waals surface area contributed by atoms with E-state index in [4.69, 9.17) is 9.47 Å². The average molecular weight is 399 g/mol. The summed E-state index contributed by atoms with van der Waals surface area (Å²) in [4.78, 5) is 12.7. The first kappa shape index (κ1) is 19.1. The third-order valence-electron chi connectivity index (χ3n) is 6.25. The summed E-state index contributed by atoms with van der Waals surface area (Å²) in [6.45, 7) is 5.56. The van der Waals surface area contributed by atoms with E-state index >= 15 is 0 Å². The number of esters is 1. The van der Waals surface area contributed by atoms with Gasteiger partial charge >= 0.3 is 5.97 Å². The van der Waals surface area contributed by atoms with Crippen LogP contribution in [0.15, 0.2) is 66.7 Å². The predicted octanol–water partition coefficient (Wildman–Crippen LogP) is 5.33. The van der Waals surface area contributed by atoms with Crippen molar-refractivity contribution in [3.63, 3.8) is 0 Å². The molecule has 3 heteroatoms. The molecule has 1 fully saturated rings. The lowest BCUT2D eigenvalue weighted by Gasteiger charge is -2.29. The zero-order valence-corrected chi connectivity index (χ0v) is 17.5. The van der Waals surface area contributed by atoms with Crippen molar-refractivity contribution >= 4 is 5.97 Å². The molecule has 2 aliphatic rings. The van der Waals surface area contributed by atoms with Crippen LogP contribution in [0.2, 0.25) is 0 Å². The van der Waals surface area contributed by atoms with Gasteiger partial charge in [-0.15, -0.1) is 0 Å². The van der Waals surface area contributed by atoms with Gasteiger partial charge in [-0.25, -0.2) is 4.79 Å². The molecular formula is C27H26O3. The first-order chi connectivity index (χ1) is 14.5. The average Bonchev–Trinajstić information content (AvgIpc) is 3.50. The Hall–Kier alpha value is -2.91. The van der Waals surface area contributed by atoms with Gasteiger partial charge in [0.05, 0.1) is 12.2 Å². The number of benzene rings is 3. The van der Waals surface area contributed by atoms with Gasteiger partial charge in [-0.2, -0.15) is 0 Å². The molecule has 3 nitrogen and oxygen atoms in total. The maximum atomic E-state index is 12.7. The fourth-order valence-corrected chi connectivity index (χ4v) is 4.65. The van der Waals surface area contributed by atoms with E-state index < -0.39 is 0 Å². The first-order valence-corrected chi connectivity index (χ1v) is 10.6. The van der Waals surface area contributed by atoms with E-state index in [0.29, 0.717) is 18.8 Å². The molecule has 0 bridgehead atoms. The van der Waals surface area contributed by atoms with Crippen molar-refractivity contribution in [1.29, 1.82) is 0 Å². The van der Waals surface area contributed by atoms with E-state index in [1.807, 2.05) is 24.3 Å².